The minimum absolute atomic E-state index is 0.122. The van der Waals surface area contributed by atoms with Crippen LogP contribution in [0.2, 0.25) is 5.02 Å². The molecule has 2 amide bonds. The smallest absolute Gasteiger partial charge is 0.233 e. The first-order valence-electron chi connectivity index (χ1n) is 6.70. The number of halogens is 3. The summed E-state index contributed by atoms with van der Waals surface area (Å²) in [6.07, 6.45) is -0.393. The van der Waals surface area contributed by atoms with Crippen LogP contribution in [0.25, 0.3) is 0 Å². The Hall–Kier alpha value is -2.47. The van der Waals surface area contributed by atoms with E-state index in [1.165, 1.54) is 36.4 Å². The van der Waals surface area contributed by atoms with Gasteiger partial charge in [0.25, 0.3) is 0 Å². The van der Waals surface area contributed by atoms with Crippen molar-refractivity contribution in [2.75, 3.05) is 5.32 Å². The van der Waals surface area contributed by atoms with Crippen LogP contribution in [0.1, 0.15) is 12.0 Å². The van der Waals surface area contributed by atoms with Crippen molar-refractivity contribution in [3.05, 3.63) is 64.7 Å². The minimum atomic E-state index is -0.596. The maximum absolute atomic E-state index is 13.0. The molecule has 120 valence electrons. The third kappa shape index (κ3) is 5.34. The zero-order valence-electron chi connectivity index (χ0n) is 11.9. The molecule has 2 aromatic rings. The number of carbonyl (C=O) groups excluding carboxylic acids is 2. The van der Waals surface area contributed by atoms with Gasteiger partial charge in [-0.2, -0.15) is 0 Å². The Morgan fingerprint density at radius 1 is 1.00 bits per heavy atom. The molecule has 23 heavy (non-hydrogen) atoms. The van der Waals surface area contributed by atoms with Gasteiger partial charge in [-0.25, -0.2) is 8.78 Å². The molecule has 0 fully saturated rings. The topological polar surface area (TPSA) is 58.2 Å². The van der Waals surface area contributed by atoms with Crippen LogP contribution >= 0.6 is 11.6 Å². The number of rotatable bonds is 5. The van der Waals surface area contributed by atoms with Crippen LogP contribution in [0.4, 0.5) is 14.5 Å². The predicted molar refractivity (Wildman–Crippen MR) is 82.9 cm³/mol. The van der Waals surface area contributed by atoms with Crippen LogP contribution in [0.15, 0.2) is 42.5 Å². The second-order valence-electron chi connectivity index (χ2n) is 4.76. The third-order valence-electron chi connectivity index (χ3n) is 2.93. The summed E-state index contributed by atoms with van der Waals surface area (Å²) in [5.41, 5.74) is 1.01. The number of amides is 2. The Balaban J connectivity index is 1.81. The maximum atomic E-state index is 13.0. The van der Waals surface area contributed by atoms with Gasteiger partial charge in [0.1, 0.15) is 18.1 Å². The minimum Gasteiger partial charge on any atom is -0.352 e. The Morgan fingerprint density at radius 3 is 2.35 bits per heavy atom. The average molecular weight is 339 g/mol. The zero-order valence-corrected chi connectivity index (χ0v) is 12.7. The van der Waals surface area contributed by atoms with Crippen LogP contribution in [-0.2, 0) is 16.1 Å². The molecule has 0 saturated heterocycles. The Kier molecular flexibility index (Phi) is 5.65. The highest BCUT2D eigenvalue weighted by atomic mass is 35.5. The van der Waals surface area contributed by atoms with Gasteiger partial charge in [-0.3, -0.25) is 9.59 Å². The first kappa shape index (κ1) is 16.9. The van der Waals surface area contributed by atoms with Crippen molar-refractivity contribution in [3.8, 4) is 0 Å². The van der Waals surface area contributed by atoms with E-state index in [9.17, 15) is 18.4 Å². The van der Waals surface area contributed by atoms with Gasteiger partial charge >= 0.3 is 0 Å². The van der Waals surface area contributed by atoms with Crippen molar-refractivity contribution in [3.63, 3.8) is 0 Å². The number of hydrogen-bond acceptors (Lipinski definition) is 2. The molecule has 4 nitrogen and oxygen atoms in total. The molecular weight excluding hydrogens is 326 g/mol. The molecule has 0 heterocycles. The molecule has 2 aromatic carbocycles. The van der Waals surface area contributed by atoms with E-state index < -0.39 is 24.1 Å². The Labute approximate surface area is 136 Å². The first-order chi connectivity index (χ1) is 10.9. The van der Waals surface area contributed by atoms with Crippen LogP contribution in [0.3, 0.4) is 0 Å². The van der Waals surface area contributed by atoms with E-state index in [1.54, 1.807) is 0 Å². The van der Waals surface area contributed by atoms with Gasteiger partial charge in [-0.15, -0.1) is 0 Å². The summed E-state index contributed by atoms with van der Waals surface area (Å²) in [4.78, 5) is 23.4. The second-order valence-corrected chi connectivity index (χ2v) is 5.16. The molecule has 7 heteroatoms. The second kappa shape index (κ2) is 7.69. The van der Waals surface area contributed by atoms with Crippen LogP contribution < -0.4 is 10.6 Å². The number of benzene rings is 2. The van der Waals surface area contributed by atoms with Gasteiger partial charge in [0.05, 0.1) is 5.02 Å². The summed E-state index contributed by atoms with van der Waals surface area (Å²) in [7, 11) is 0. The van der Waals surface area contributed by atoms with E-state index >= 15 is 0 Å². The molecule has 2 N–H and O–H groups in total. The van der Waals surface area contributed by atoms with Crippen molar-refractivity contribution in [1.29, 1.82) is 0 Å². The van der Waals surface area contributed by atoms with Gasteiger partial charge in [0, 0.05) is 12.2 Å². The molecule has 0 aromatic heterocycles. The molecule has 0 aliphatic rings. The predicted octanol–water partition coefficient (Wildman–Crippen LogP) is 3.26. The summed E-state index contributed by atoms with van der Waals surface area (Å²) < 4.78 is 25.7. The molecule has 0 atom stereocenters. The van der Waals surface area contributed by atoms with E-state index in [-0.39, 0.29) is 17.4 Å². The Bertz CT molecular complexity index is 721. The van der Waals surface area contributed by atoms with Gasteiger partial charge in [-0.05, 0) is 35.9 Å². The van der Waals surface area contributed by atoms with E-state index in [0.717, 1.165) is 6.07 Å². The highest BCUT2D eigenvalue weighted by molar-refractivity contribution is 6.31. The van der Waals surface area contributed by atoms with Crippen molar-refractivity contribution < 1.29 is 18.4 Å². The average Bonchev–Trinajstić information content (AvgIpc) is 2.50. The Morgan fingerprint density at radius 2 is 1.70 bits per heavy atom. The van der Waals surface area contributed by atoms with Gasteiger partial charge < -0.3 is 10.6 Å². The van der Waals surface area contributed by atoms with Crippen LogP contribution in [-0.4, -0.2) is 11.8 Å². The van der Waals surface area contributed by atoms with Crippen molar-refractivity contribution in [2.24, 2.45) is 0 Å². The molecule has 0 saturated carbocycles. The van der Waals surface area contributed by atoms with E-state index in [1.807, 2.05) is 0 Å². The zero-order chi connectivity index (χ0) is 16.8. The number of nitrogens with one attached hydrogen (secondary N) is 2. The van der Waals surface area contributed by atoms with Gasteiger partial charge in [0.15, 0.2) is 0 Å². The lowest BCUT2D eigenvalue weighted by Crippen LogP contribution is -2.27. The largest absolute Gasteiger partial charge is 0.352 e. The monoisotopic (exact) mass is 338 g/mol. The molecule has 0 unspecified atom stereocenters. The van der Waals surface area contributed by atoms with Crippen molar-refractivity contribution in [1.82, 2.24) is 5.32 Å². The molecular formula is C16H13ClF2N2O2. The summed E-state index contributed by atoms with van der Waals surface area (Å²) in [5.74, 6) is -2.00. The van der Waals surface area contributed by atoms with Crippen molar-refractivity contribution >= 4 is 29.1 Å². The summed E-state index contributed by atoms with van der Waals surface area (Å²) in [6.45, 7) is 0.189. The third-order valence-corrected chi connectivity index (χ3v) is 3.22. The van der Waals surface area contributed by atoms with Crippen molar-refractivity contribution in [2.45, 2.75) is 13.0 Å². The summed E-state index contributed by atoms with van der Waals surface area (Å²) >= 11 is 5.60. The first-order valence-corrected chi connectivity index (χ1v) is 7.08. The van der Waals surface area contributed by atoms with E-state index in [0.29, 0.717) is 11.3 Å². The highest BCUT2D eigenvalue weighted by Crippen LogP contribution is 2.19. The summed E-state index contributed by atoms with van der Waals surface area (Å²) in [6, 6.07) is 9.36. The fourth-order valence-corrected chi connectivity index (χ4v) is 1.97. The van der Waals surface area contributed by atoms with E-state index in [2.05, 4.69) is 10.6 Å². The standard InChI is InChI=1S/C16H13ClF2N2O2/c17-13-7-12(5-6-14(13)19)21-16(23)8-15(22)20-9-10-1-3-11(18)4-2-10/h1-7H,8-9H2,(H,20,22)(H,21,23). The van der Waals surface area contributed by atoms with Gasteiger partial charge in [-0.1, -0.05) is 23.7 Å². The lowest BCUT2D eigenvalue weighted by Gasteiger charge is -2.07. The lowest BCUT2D eigenvalue weighted by molar-refractivity contribution is -0.126. The maximum Gasteiger partial charge on any atom is 0.233 e. The summed E-state index contributed by atoms with van der Waals surface area (Å²) in [5, 5.41) is 4.87. The molecule has 0 spiro atoms. The van der Waals surface area contributed by atoms with E-state index in [4.69, 9.17) is 11.6 Å². The lowest BCUT2D eigenvalue weighted by atomic mass is 10.2. The fourth-order valence-electron chi connectivity index (χ4n) is 1.79. The molecule has 0 aliphatic heterocycles. The number of anilines is 1. The SMILES string of the molecule is O=C(CC(=O)Nc1ccc(F)c(Cl)c1)NCc1ccc(F)cc1. The number of hydrogen-bond donors (Lipinski definition) is 2. The van der Waals surface area contributed by atoms with Crippen LogP contribution in [0.5, 0.6) is 0 Å². The molecule has 0 radical (unpaired) electrons. The number of carbonyl (C=O) groups is 2. The van der Waals surface area contributed by atoms with Crippen LogP contribution in [0, 0.1) is 11.6 Å². The van der Waals surface area contributed by atoms with Gasteiger partial charge in [0.2, 0.25) is 11.8 Å². The normalized spacial score (nSPS) is 10.2. The molecule has 2 rings (SSSR count). The fraction of sp³-hybridized carbons (Fsp3) is 0.125. The quantitative estimate of drug-likeness (QED) is 0.822. The molecule has 0 bridgehead atoms. The molecule has 0 aliphatic carbocycles. The highest BCUT2D eigenvalue weighted by Gasteiger charge is 2.10.